The summed E-state index contributed by atoms with van der Waals surface area (Å²) in [6.07, 6.45) is 0.555. The standard InChI is InChI=1S/C13H17NO4/c1-18-13(9-14,12(16)17)11(15)8-7-10-5-3-2-4-6-10/h2-6H,7-9,14H2,1H3,(H,16,17). The fourth-order valence-corrected chi connectivity index (χ4v) is 1.71. The molecular weight excluding hydrogens is 234 g/mol. The van der Waals surface area contributed by atoms with Crippen molar-refractivity contribution in [2.75, 3.05) is 13.7 Å². The predicted molar refractivity (Wildman–Crippen MR) is 66.2 cm³/mol. The molecule has 1 rings (SSSR count). The molecule has 0 bridgehead atoms. The SMILES string of the molecule is COC(CN)(C(=O)O)C(=O)CCc1ccccc1. The zero-order valence-electron chi connectivity index (χ0n) is 10.3. The lowest BCUT2D eigenvalue weighted by Crippen LogP contribution is -2.54. The van der Waals surface area contributed by atoms with Gasteiger partial charge in [-0.15, -0.1) is 0 Å². The number of carboxylic acid groups (broad SMARTS) is 1. The Balaban J connectivity index is 2.72. The lowest BCUT2D eigenvalue weighted by molar-refractivity contribution is -0.167. The summed E-state index contributed by atoms with van der Waals surface area (Å²) in [6.45, 7) is -0.369. The molecule has 0 amide bonds. The van der Waals surface area contributed by atoms with Gasteiger partial charge < -0.3 is 15.6 Å². The minimum atomic E-state index is -1.92. The summed E-state index contributed by atoms with van der Waals surface area (Å²) in [5.41, 5.74) is 4.41. The van der Waals surface area contributed by atoms with Crippen molar-refractivity contribution >= 4 is 11.8 Å². The second kappa shape index (κ2) is 6.28. The first-order valence-corrected chi connectivity index (χ1v) is 5.62. The number of carbonyl (C=O) groups is 2. The second-order valence-corrected chi connectivity index (χ2v) is 3.95. The maximum absolute atomic E-state index is 12.0. The summed E-state index contributed by atoms with van der Waals surface area (Å²) < 4.78 is 4.82. The molecule has 0 aliphatic heterocycles. The number of hydrogen-bond acceptors (Lipinski definition) is 4. The first-order chi connectivity index (χ1) is 8.56. The number of hydrogen-bond donors (Lipinski definition) is 2. The van der Waals surface area contributed by atoms with Gasteiger partial charge in [-0.3, -0.25) is 4.79 Å². The Morgan fingerprint density at radius 1 is 1.33 bits per heavy atom. The van der Waals surface area contributed by atoms with E-state index in [4.69, 9.17) is 15.6 Å². The predicted octanol–water partition coefficient (Wildman–Crippen LogP) is 0.617. The van der Waals surface area contributed by atoms with Crippen LogP contribution in [0.25, 0.3) is 0 Å². The van der Waals surface area contributed by atoms with Gasteiger partial charge >= 0.3 is 5.97 Å². The minimum Gasteiger partial charge on any atom is -0.479 e. The topological polar surface area (TPSA) is 89.6 Å². The van der Waals surface area contributed by atoms with E-state index in [2.05, 4.69) is 0 Å². The number of benzene rings is 1. The third kappa shape index (κ3) is 2.94. The quantitative estimate of drug-likeness (QED) is 0.693. The molecule has 5 heteroatoms. The molecule has 0 aromatic heterocycles. The molecule has 1 aromatic rings. The van der Waals surface area contributed by atoms with Crippen molar-refractivity contribution in [3.05, 3.63) is 35.9 Å². The van der Waals surface area contributed by atoms with Crippen LogP contribution in [0, 0.1) is 0 Å². The monoisotopic (exact) mass is 251 g/mol. The zero-order valence-corrected chi connectivity index (χ0v) is 10.3. The molecular formula is C13H17NO4. The molecule has 0 saturated carbocycles. The zero-order chi connectivity index (χ0) is 13.6. The molecule has 3 N–H and O–H groups in total. The number of aliphatic carboxylic acids is 1. The summed E-state index contributed by atoms with van der Waals surface area (Å²) in [7, 11) is 1.18. The van der Waals surface area contributed by atoms with Crippen molar-refractivity contribution < 1.29 is 19.4 Å². The Morgan fingerprint density at radius 3 is 2.39 bits per heavy atom. The summed E-state index contributed by atoms with van der Waals surface area (Å²) in [5, 5.41) is 9.07. The summed E-state index contributed by atoms with van der Waals surface area (Å²) in [5.74, 6) is -1.85. The van der Waals surface area contributed by atoms with Crippen molar-refractivity contribution in [3.63, 3.8) is 0 Å². The van der Waals surface area contributed by atoms with Crippen LogP contribution in [-0.4, -0.2) is 36.1 Å². The largest absolute Gasteiger partial charge is 0.479 e. The third-order valence-electron chi connectivity index (χ3n) is 2.92. The number of carbonyl (C=O) groups excluding carboxylic acids is 1. The highest BCUT2D eigenvalue weighted by molar-refractivity contribution is 6.07. The number of rotatable bonds is 7. The van der Waals surface area contributed by atoms with Crippen molar-refractivity contribution in [1.29, 1.82) is 0 Å². The van der Waals surface area contributed by atoms with Gasteiger partial charge in [0.25, 0.3) is 0 Å². The van der Waals surface area contributed by atoms with Crippen LogP contribution in [0.4, 0.5) is 0 Å². The van der Waals surface area contributed by atoms with Crippen molar-refractivity contribution in [2.45, 2.75) is 18.4 Å². The first-order valence-electron chi connectivity index (χ1n) is 5.62. The molecule has 0 heterocycles. The van der Waals surface area contributed by atoms with Gasteiger partial charge in [-0.05, 0) is 12.0 Å². The van der Waals surface area contributed by atoms with E-state index in [1.54, 1.807) is 0 Å². The molecule has 1 unspecified atom stereocenters. The summed E-state index contributed by atoms with van der Waals surface area (Å²) in [4.78, 5) is 23.1. The Bertz CT molecular complexity index is 412. The fraction of sp³-hybridized carbons (Fsp3) is 0.385. The summed E-state index contributed by atoms with van der Waals surface area (Å²) in [6, 6.07) is 9.37. The first kappa shape index (κ1) is 14.3. The van der Waals surface area contributed by atoms with Gasteiger partial charge in [0.05, 0.1) is 0 Å². The van der Waals surface area contributed by atoms with E-state index < -0.39 is 17.4 Å². The van der Waals surface area contributed by atoms with Gasteiger partial charge in [-0.1, -0.05) is 30.3 Å². The Hall–Kier alpha value is -1.72. The lowest BCUT2D eigenvalue weighted by atomic mass is 9.93. The number of nitrogens with two attached hydrogens (primary N) is 1. The van der Waals surface area contributed by atoms with E-state index >= 15 is 0 Å². The number of ether oxygens (including phenoxy) is 1. The molecule has 18 heavy (non-hydrogen) atoms. The van der Waals surface area contributed by atoms with Crippen LogP contribution in [0.15, 0.2) is 30.3 Å². The van der Waals surface area contributed by atoms with Gasteiger partial charge in [-0.2, -0.15) is 0 Å². The Morgan fingerprint density at radius 2 is 1.94 bits per heavy atom. The van der Waals surface area contributed by atoms with Crippen molar-refractivity contribution in [2.24, 2.45) is 5.73 Å². The lowest BCUT2D eigenvalue weighted by Gasteiger charge is -2.24. The maximum Gasteiger partial charge on any atom is 0.345 e. The van der Waals surface area contributed by atoms with E-state index in [1.165, 1.54) is 7.11 Å². The second-order valence-electron chi connectivity index (χ2n) is 3.95. The Kier molecular flexibility index (Phi) is 5.00. The number of Topliss-reactive ketones (excluding diaryl/α,β-unsaturated/α-hetero) is 1. The van der Waals surface area contributed by atoms with E-state index in [-0.39, 0.29) is 13.0 Å². The molecule has 1 aromatic carbocycles. The number of ketones is 1. The molecule has 1 atom stereocenters. The van der Waals surface area contributed by atoms with Gasteiger partial charge in [0.15, 0.2) is 5.78 Å². The molecule has 0 spiro atoms. The fourth-order valence-electron chi connectivity index (χ4n) is 1.71. The van der Waals surface area contributed by atoms with Crippen LogP contribution < -0.4 is 5.73 Å². The van der Waals surface area contributed by atoms with Gasteiger partial charge in [0.1, 0.15) is 0 Å². The van der Waals surface area contributed by atoms with Crippen LogP contribution in [0.3, 0.4) is 0 Å². The van der Waals surface area contributed by atoms with Crippen LogP contribution in [0.2, 0.25) is 0 Å². The minimum absolute atomic E-state index is 0.0847. The molecule has 0 fully saturated rings. The van der Waals surface area contributed by atoms with Gasteiger partial charge in [0, 0.05) is 20.1 Å². The van der Waals surface area contributed by atoms with Crippen LogP contribution in [-0.2, 0) is 20.7 Å². The average Bonchev–Trinajstić information content (AvgIpc) is 2.39. The highest BCUT2D eigenvalue weighted by Gasteiger charge is 2.44. The number of aryl methyl sites for hydroxylation is 1. The number of methoxy groups -OCH3 is 1. The van der Waals surface area contributed by atoms with E-state index in [9.17, 15) is 9.59 Å². The molecule has 5 nitrogen and oxygen atoms in total. The maximum atomic E-state index is 12.0. The molecule has 0 saturated heterocycles. The van der Waals surface area contributed by atoms with Crippen LogP contribution >= 0.6 is 0 Å². The van der Waals surface area contributed by atoms with E-state index in [1.807, 2.05) is 30.3 Å². The normalized spacial score (nSPS) is 13.9. The number of carboxylic acids is 1. The van der Waals surface area contributed by atoms with Gasteiger partial charge in [-0.25, -0.2) is 4.79 Å². The van der Waals surface area contributed by atoms with E-state index in [0.29, 0.717) is 6.42 Å². The van der Waals surface area contributed by atoms with Crippen molar-refractivity contribution in [1.82, 2.24) is 0 Å². The van der Waals surface area contributed by atoms with Crippen LogP contribution in [0.5, 0.6) is 0 Å². The average molecular weight is 251 g/mol. The van der Waals surface area contributed by atoms with Crippen molar-refractivity contribution in [3.8, 4) is 0 Å². The molecule has 98 valence electrons. The molecule has 0 radical (unpaired) electrons. The molecule has 0 aliphatic rings. The molecule has 0 aliphatic carbocycles. The third-order valence-corrected chi connectivity index (χ3v) is 2.92. The Labute approximate surface area is 106 Å². The summed E-state index contributed by atoms with van der Waals surface area (Å²) >= 11 is 0. The smallest absolute Gasteiger partial charge is 0.345 e. The van der Waals surface area contributed by atoms with Crippen LogP contribution in [0.1, 0.15) is 12.0 Å². The highest BCUT2D eigenvalue weighted by atomic mass is 16.5. The van der Waals surface area contributed by atoms with Gasteiger partial charge in [0.2, 0.25) is 5.60 Å². The highest BCUT2D eigenvalue weighted by Crippen LogP contribution is 2.15. The van der Waals surface area contributed by atoms with E-state index in [0.717, 1.165) is 5.56 Å².